The first-order valence-electron chi connectivity index (χ1n) is 20.1. The number of fused-ring (bicyclic) bond motifs is 7. The van der Waals surface area contributed by atoms with Crippen molar-refractivity contribution in [3.63, 3.8) is 0 Å². The summed E-state index contributed by atoms with van der Waals surface area (Å²) >= 11 is 0. The third kappa shape index (κ3) is 6.12. The molecule has 0 heterocycles. The van der Waals surface area contributed by atoms with E-state index in [0.717, 1.165) is 75.2 Å². The molecule has 51 heavy (non-hydrogen) atoms. The second-order valence-corrected chi connectivity index (χ2v) is 21.2. The number of nitrogens with zero attached hydrogens (tertiary/aromatic N) is 1. The van der Waals surface area contributed by atoms with Gasteiger partial charge in [-0.05, 0) is 129 Å². The molecule has 0 bridgehead atoms. The minimum Gasteiger partial charge on any atom is -0.481 e. The number of aliphatic hydroxyl groups is 1. The molecule has 290 valence electrons. The second-order valence-electron chi connectivity index (χ2n) is 21.2. The monoisotopic (exact) mass is 715 g/mol. The lowest BCUT2D eigenvalue weighted by atomic mass is 9.32. The molecule has 6 fully saturated rings. The lowest BCUT2D eigenvalue weighted by Gasteiger charge is -2.72. The van der Waals surface area contributed by atoms with Gasteiger partial charge in [-0.2, -0.15) is 0 Å². The smallest absolute Gasteiger partial charge is 0.309 e. The molecule has 12 atom stereocenters. The van der Waals surface area contributed by atoms with Crippen molar-refractivity contribution >= 4 is 17.9 Å². The molecular formula is C43H72NO7+. The van der Waals surface area contributed by atoms with Gasteiger partial charge in [0.2, 0.25) is 0 Å². The molecule has 6 unspecified atom stereocenters. The van der Waals surface area contributed by atoms with E-state index in [1.165, 1.54) is 5.57 Å². The molecule has 0 aliphatic heterocycles. The van der Waals surface area contributed by atoms with Crippen LogP contribution >= 0.6 is 0 Å². The summed E-state index contributed by atoms with van der Waals surface area (Å²) in [4.78, 5) is 38.1. The quantitative estimate of drug-likeness (QED) is 0.139. The summed E-state index contributed by atoms with van der Waals surface area (Å²) in [5, 5.41) is 28.6. The largest absolute Gasteiger partial charge is 0.481 e. The number of aliphatic carboxylic acids is 2. The second kappa shape index (κ2) is 13.1. The Morgan fingerprint density at radius 2 is 1.41 bits per heavy atom. The third-order valence-electron chi connectivity index (χ3n) is 17.3. The average Bonchev–Trinajstić information content (AvgIpc) is 3.40. The zero-order valence-corrected chi connectivity index (χ0v) is 33.9. The fourth-order valence-electron chi connectivity index (χ4n) is 14.0. The van der Waals surface area contributed by atoms with Gasteiger partial charge in [0.05, 0.1) is 45.0 Å². The Morgan fingerprint density at radius 1 is 0.765 bits per heavy atom. The highest BCUT2D eigenvalue weighted by atomic mass is 16.5. The topological polar surface area (TPSA) is 121 Å². The summed E-state index contributed by atoms with van der Waals surface area (Å²) in [6.45, 7) is 23.7. The molecule has 0 amide bonds. The number of hydrogen-bond acceptors (Lipinski definition) is 5. The highest BCUT2D eigenvalue weighted by Gasteiger charge is 2.72. The van der Waals surface area contributed by atoms with Crippen LogP contribution in [-0.4, -0.2) is 78.1 Å². The van der Waals surface area contributed by atoms with E-state index in [9.17, 15) is 24.6 Å². The molecule has 6 saturated carbocycles. The highest BCUT2D eigenvalue weighted by molar-refractivity contribution is 5.81. The predicted molar refractivity (Wildman–Crippen MR) is 199 cm³/mol. The van der Waals surface area contributed by atoms with Gasteiger partial charge in [-0.25, -0.2) is 0 Å². The van der Waals surface area contributed by atoms with E-state index in [2.05, 4.69) is 69.3 Å². The minimum absolute atomic E-state index is 0.0928. The van der Waals surface area contributed by atoms with E-state index in [4.69, 9.17) is 9.84 Å². The maximum Gasteiger partial charge on any atom is 0.309 e. The van der Waals surface area contributed by atoms with Gasteiger partial charge in [-0.1, -0.05) is 60.6 Å². The maximum absolute atomic E-state index is 13.5. The van der Waals surface area contributed by atoms with E-state index in [0.29, 0.717) is 30.1 Å². The molecule has 0 spiro atoms. The Hall–Kier alpha value is -1.93. The van der Waals surface area contributed by atoms with Crippen LogP contribution in [-0.2, 0) is 19.1 Å². The van der Waals surface area contributed by atoms with Crippen molar-refractivity contribution in [3.8, 4) is 0 Å². The number of allylic oxidation sites excluding steroid dienone is 1. The number of carbonyl (C=O) groups excluding carboxylic acids is 1. The Bertz CT molecular complexity index is 1400. The zero-order valence-electron chi connectivity index (χ0n) is 33.9. The van der Waals surface area contributed by atoms with Crippen LogP contribution in [0.5, 0.6) is 0 Å². The van der Waals surface area contributed by atoms with E-state index in [1.54, 1.807) is 0 Å². The van der Waals surface area contributed by atoms with Crippen LogP contribution in [0, 0.1) is 73.9 Å². The van der Waals surface area contributed by atoms with E-state index >= 15 is 0 Å². The van der Waals surface area contributed by atoms with Gasteiger partial charge in [0.1, 0.15) is 12.6 Å². The Labute approximate surface area is 308 Å². The first-order valence-corrected chi connectivity index (χ1v) is 20.1. The molecule has 0 aromatic heterocycles. The van der Waals surface area contributed by atoms with E-state index in [1.807, 2.05) is 13.8 Å². The lowest BCUT2D eigenvalue weighted by molar-refractivity contribution is -0.870. The molecule has 0 aromatic rings. The maximum atomic E-state index is 13.5. The SMILES string of the molecule is C=C(C)[C@@H]1CC[C@]2(C(=O)O)CC[C@]3(C)C(CCC4[C@@]5(C)CC[C@H](OC(=O)C6CC(C(=O)O)C6(C)C)C(C)(C)C5CC[C@]43C)C12.C[N+](C)(C)CCO. The molecule has 0 saturated heterocycles. The number of rotatable bonds is 7. The Kier molecular flexibility index (Phi) is 10.4. The molecule has 6 aliphatic rings. The fourth-order valence-corrected chi connectivity index (χ4v) is 14.0. The molecule has 6 rings (SSSR count). The minimum atomic E-state index is -0.823. The van der Waals surface area contributed by atoms with E-state index < -0.39 is 28.7 Å². The first kappa shape index (κ1) is 40.3. The first-order chi connectivity index (χ1) is 23.3. The number of carbonyl (C=O) groups is 3. The van der Waals surface area contributed by atoms with Crippen LogP contribution in [0.1, 0.15) is 126 Å². The standard InChI is InChI=1S/C38H58O6.C5H14NO/c1-21(2)22-12-17-38(32(42)43)19-18-36(8)23(29(22)38)10-11-27-35(7)15-14-28(34(5,6)26(35)13-16-37(27,36)9)44-31(41)25-20-24(30(39)40)33(25,3)4;1-6(2,3)4-5-7/h22-29H,1,10-20H2,2-9H3,(H,39,40)(H,42,43);7H,4-5H2,1-3H3/q;+1/t22-,23?,24?,25?,26?,27?,28-,29?,35-,36+,37+,38-;/m0./s1. The van der Waals surface area contributed by atoms with Gasteiger partial charge < -0.3 is 24.5 Å². The number of esters is 1. The Balaban J connectivity index is 0.000000654. The van der Waals surface area contributed by atoms with Crippen LogP contribution in [0.3, 0.4) is 0 Å². The van der Waals surface area contributed by atoms with Crippen molar-refractivity contribution in [1.29, 1.82) is 0 Å². The zero-order chi connectivity index (χ0) is 38.3. The molecule has 6 aliphatic carbocycles. The van der Waals surface area contributed by atoms with Crippen molar-refractivity contribution < 1.29 is 38.9 Å². The van der Waals surface area contributed by atoms with E-state index in [-0.39, 0.29) is 52.2 Å². The summed E-state index contributed by atoms with van der Waals surface area (Å²) in [6.07, 6.45) is 10.1. The molecule has 0 aromatic carbocycles. The number of quaternary nitrogens is 1. The van der Waals surface area contributed by atoms with Crippen LogP contribution in [0.2, 0.25) is 0 Å². The number of ether oxygens (including phenoxy) is 1. The van der Waals surface area contributed by atoms with Gasteiger partial charge in [0.25, 0.3) is 0 Å². The summed E-state index contributed by atoms with van der Waals surface area (Å²) < 4.78 is 7.20. The van der Waals surface area contributed by atoms with Crippen LogP contribution in [0.25, 0.3) is 0 Å². The summed E-state index contributed by atoms with van der Waals surface area (Å²) in [5.74, 6) is -0.593. The number of carboxylic acids is 2. The van der Waals surface area contributed by atoms with Gasteiger partial charge in [0, 0.05) is 5.41 Å². The summed E-state index contributed by atoms with van der Waals surface area (Å²) in [6, 6.07) is 0. The molecule has 0 radical (unpaired) electrons. The van der Waals surface area contributed by atoms with Gasteiger partial charge in [0.15, 0.2) is 0 Å². The predicted octanol–water partition coefficient (Wildman–Crippen LogP) is 8.07. The molecular weight excluding hydrogens is 642 g/mol. The number of carboxylic acid groups (broad SMARTS) is 2. The van der Waals surface area contributed by atoms with Crippen molar-refractivity contribution in [2.45, 2.75) is 132 Å². The normalized spacial score (nSPS) is 44.9. The van der Waals surface area contributed by atoms with Gasteiger partial charge in [-0.3, -0.25) is 14.4 Å². The van der Waals surface area contributed by atoms with Crippen LogP contribution in [0.15, 0.2) is 12.2 Å². The number of aliphatic hydroxyl groups excluding tert-OH is 1. The lowest BCUT2D eigenvalue weighted by Crippen LogP contribution is -2.67. The van der Waals surface area contributed by atoms with Crippen molar-refractivity contribution in [1.82, 2.24) is 0 Å². The van der Waals surface area contributed by atoms with Crippen LogP contribution < -0.4 is 0 Å². The highest BCUT2D eigenvalue weighted by Crippen LogP contribution is 2.77. The summed E-state index contributed by atoms with van der Waals surface area (Å²) in [7, 11) is 6.16. The molecule has 3 N–H and O–H groups in total. The Morgan fingerprint density at radius 3 is 1.92 bits per heavy atom. The summed E-state index contributed by atoms with van der Waals surface area (Å²) in [5.41, 5.74) is 0.166. The van der Waals surface area contributed by atoms with Crippen LogP contribution in [0.4, 0.5) is 0 Å². The fraction of sp³-hybridized carbons (Fsp3) is 0.884. The van der Waals surface area contributed by atoms with Gasteiger partial charge >= 0.3 is 17.9 Å². The third-order valence-corrected chi connectivity index (χ3v) is 17.3. The van der Waals surface area contributed by atoms with Crippen molar-refractivity contribution in [3.05, 3.63) is 12.2 Å². The van der Waals surface area contributed by atoms with Crippen molar-refractivity contribution in [2.24, 2.45) is 73.9 Å². The number of likely N-dealkylation sites (N-methyl/N-ethyl adjacent to an activating group) is 1. The molecule has 8 heteroatoms. The van der Waals surface area contributed by atoms with Crippen molar-refractivity contribution in [2.75, 3.05) is 34.3 Å². The molecule has 8 nitrogen and oxygen atoms in total. The number of hydrogen-bond donors (Lipinski definition) is 3. The van der Waals surface area contributed by atoms with Gasteiger partial charge in [-0.15, -0.1) is 0 Å². The average molecular weight is 715 g/mol.